The van der Waals surface area contributed by atoms with Crippen molar-refractivity contribution in [2.75, 3.05) is 0 Å². The van der Waals surface area contributed by atoms with Crippen LogP contribution in [0.2, 0.25) is 0 Å². The molecular formula is C13H23N. The van der Waals surface area contributed by atoms with E-state index in [0.29, 0.717) is 6.04 Å². The highest BCUT2D eigenvalue weighted by molar-refractivity contribution is 5.22. The van der Waals surface area contributed by atoms with Gasteiger partial charge in [0, 0.05) is 11.7 Å². The molecule has 0 saturated carbocycles. The number of allylic oxidation sites excluding steroid dienone is 3. The van der Waals surface area contributed by atoms with Crippen molar-refractivity contribution >= 4 is 0 Å². The van der Waals surface area contributed by atoms with Crippen LogP contribution < -0.4 is 5.32 Å². The van der Waals surface area contributed by atoms with E-state index >= 15 is 0 Å². The molecule has 14 heavy (non-hydrogen) atoms. The molecule has 0 aromatic carbocycles. The summed E-state index contributed by atoms with van der Waals surface area (Å²) < 4.78 is 0. The molecule has 0 aliphatic heterocycles. The van der Waals surface area contributed by atoms with E-state index in [9.17, 15) is 0 Å². The fourth-order valence-electron chi connectivity index (χ4n) is 1.62. The Balaban J connectivity index is 2.43. The van der Waals surface area contributed by atoms with Crippen molar-refractivity contribution in [1.82, 2.24) is 5.32 Å². The molecule has 0 aromatic rings. The first-order valence-electron chi connectivity index (χ1n) is 5.78. The van der Waals surface area contributed by atoms with E-state index in [0.717, 1.165) is 11.8 Å². The summed E-state index contributed by atoms with van der Waals surface area (Å²) in [4.78, 5) is 0. The fraction of sp³-hybridized carbons (Fsp3) is 0.692. The molecule has 0 spiro atoms. The summed E-state index contributed by atoms with van der Waals surface area (Å²) in [6, 6.07) is 0.585. The van der Waals surface area contributed by atoms with Gasteiger partial charge in [0.1, 0.15) is 0 Å². The van der Waals surface area contributed by atoms with Gasteiger partial charge in [0.2, 0.25) is 0 Å². The molecule has 0 heterocycles. The van der Waals surface area contributed by atoms with Gasteiger partial charge >= 0.3 is 0 Å². The Morgan fingerprint density at radius 1 is 1.43 bits per heavy atom. The number of hydrogen-bond acceptors (Lipinski definition) is 1. The van der Waals surface area contributed by atoms with Crippen molar-refractivity contribution in [3.63, 3.8) is 0 Å². The SMILES string of the molecule is CCC(C)NC1=CCC(C(C)C)C=C1. The lowest BCUT2D eigenvalue weighted by Gasteiger charge is -2.22. The first kappa shape index (κ1) is 11.4. The maximum atomic E-state index is 3.50. The van der Waals surface area contributed by atoms with Crippen molar-refractivity contribution in [1.29, 1.82) is 0 Å². The summed E-state index contributed by atoms with van der Waals surface area (Å²) in [5, 5.41) is 3.50. The fourth-order valence-corrected chi connectivity index (χ4v) is 1.62. The van der Waals surface area contributed by atoms with Crippen LogP contribution in [0.3, 0.4) is 0 Å². The van der Waals surface area contributed by atoms with Gasteiger partial charge in [-0.1, -0.05) is 32.9 Å². The number of rotatable bonds is 4. The summed E-state index contributed by atoms with van der Waals surface area (Å²) >= 11 is 0. The predicted octanol–water partition coefficient (Wildman–Crippen LogP) is 3.49. The van der Waals surface area contributed by atoms with Gasteiger partial charge < -0.3 is 5.32 Å². The van der Waals surface area contributed by atoms with Crippen LogP contribution in [-0.2, 0) is 0 Å². The Morgan fingerprint density at radius 2 is 2.14 bits per heavy atom. The molecule has 1 N–H and O–H groups in total. The van der Waals surface area contributed by atoms with Crippen molar-refractivity contribution in [3.05, 3.63) is 23.9 Å². The summed E-state index contributed by atoms with van der Waals surface area (Å²) in [6.45, 7) is 9.01. The molecule has 2 unspecified atom stereocenters. The summed E-state index contributed by atoms with van der Waals surface area (Å²) in [7, 11) is 0. The second-order valence-electron chi connectivity index (χ2n) is 4.62. The van der Waals surface area contributed by atoms with Crippen molar-refractivity contribution < 1.29 is 0 Å². The molecule has 1 rings (SSSR count). The minimum absolute atomic E-state index is 0.585. The maximum Gasteiger partial charge on any atom is 0.0298 e. The molecule has 80 valence electrons. The highest BCUT2D eigenvalue weighted by atomic mass is 14.9. The van der Waals surface area contributed by atoms with Gasteiger partial charge in [0.05, 0.1) is 0 Å². The van der Waals surface area contributed by atoms with Gasteiger partial charge in [-0.25, -0.2) is 0 Å². The molecule has 0 radical (unpaired) electrons. The van der Waals surface area contributed by atoms with E-state index in [1.54, 1.807) is 0 Å². The van der Waals surface area contributed by atoms with E-state index in [-0.39, 0.29) is 0 Å². The van der Waals surface area contributed by atoms with Gasteiger partial charge in [-0.05, 0) is 37.7 Å². The van der Waals surface area contributed by atoms with E-state index in [1.807, 2.05) is 0 Å². The predicted molar refractivity (Wildman–Crippen MR) is 63.1 cm³/mol. The van der Waals surface area contributed by atoms with Crippen LogP contribution in [0.4, 0.5) is 0 Å². The molecule has 0 fully saturated rings. The monoisotopic (exact) mass is 193 g/mol. The zero-order valence-electron chi connectivity index (χ0n) is 9.88. The second kappa shape index (κ2) is 5.23. The quantitative estimate of drug-likeness (QED) is 0.720. The smallest absolute Gasteiger partial charge is 0.0298 e. The third-order valence-electron chi connectivity index (χ3n) is 3.01. The maximum absolute atomic E-state index is 3.50. The van der Waals surface area contributed by atoms with Gasteiger partial charge in [-0.2, -0.15) is 0 Å². The molecule has 0 aromatic heterocycles. The average molecular weight is 193 g/mol. The Morgan fingerprint density at radius 3 is 2.57 bits per heavy atom. The lowest BCUT2D eigenvalue weighted by molar-refractivity contribution is 0.462. The first-order chi connectivity index (χ1) is 6.63. The number of nitrogens with one attached hydrogen (secondary N) is 1. The van der Waals surface area contributed by atoms with Crippen LogP contribution >= 0.6 is 0 Å². The minimum atomic E-state index is 0.585. The van der Waals surface area contributed by atoms with E-state index in [1.165, 1.54) is 18.5 Å². The molecule has 0 saturated heterocycles. The lowest BCUT2D eigenvalue weighted by Crippen LogP contribution is -2.25. The Hall–Kier alpha value is -0.720. The van der Waals surface area contributed by atoms with Crippen molar-refractivity contribution in [3.8, 4) is 0 Å². The number of hydrogen-bond donors (Lipinski definition) is 1. The summed E-state index contributed by atoms with van der Waals surface area (Å²) in [6.07, 6.45) is 9.28. The third kappa shape index (κ3) is 3.21. The molecule has 2 atom stereocenters. The van der Waals surface area contributed by atoms with Crippen LogP contribution in [0.1, 0.15) is 40.5 Å². The van der Waals surface area contributed by atoms with Crippen molar-refractivity contribution in [2.24, 2.45) is 11.8 Å². The Labute approximate surface area is 88.3 Å². The lowest BCUT2D eigenvalue weighted by atomic mass is 9.89. The van der Waals surface area contributed by atoms with Crippen LogP contribution in [0.25, 0.3) is 0 Å². The normalized spacial score (nSPS) is 23.5. The zero-order valence-corrected chi connectivity index (χ0v) is 9.88. The summed E-state index contributed by atoms with van der Waals surface area (Å²) in [5.41, 5.74) is 1.30. The van der Waals surface area contributed by atoms with Crippen LogP contribution in [0.5, 0.6) is 0 Å². The van der Waals surface area contributed by atoms with E-state index in [4.69, 9.17) is 0 Å². The molecule has 0 bridgehead atoms. The highest BCUT2D eigenvalue weighted by Gasteiger charge is 2.12. The first-order valence-corrected chi connectivity index (χ1v) is 5.78. The Kier molecular flexibility index (Phi) is 4.24. The van der Waals surface area contributed by atoms with Gasteiger partial charge in [-0.3, -0.25) is 0 Å². The van der Waals surface area contributed by atoms with E-state index < -0.39 is 0 Å². The standard InChI is InChI=1S/C13H23N/c1-5-11(4)14-13-8-6-12(7-9-13)10(2)3/h6,8-12,14H,5,7H2,1-4H3. The van der Waals surface area contributed by atoms with E-state index in [2.05, 4.69) is 51.2 Å². The van der Waals surface area contributed by atoms with Gasteiger partial charge in [-0.15, -0.1) is 0 Å². The van der Waals surface area contributed by atoms with Crippen molar-refractivity contribution in [2.45, 2.75) is 46.6 Å². The topological polar surface area (TPSA) is 12.0 Å². The Bertz CT molecular complexity index is 225. The second-order valence-corrected chi connectivity index (χ2v) is 4.62. The van der Waals surface area contributed by atoms with Gasteiger partial charge in [0.25, 0.3) is 0 Å². The molecule has 1 aliphatic carbocycles. The molecule has 0 amide bonds. The summed E-state index contributed by atoms with van der Waals surface area (Å²) in [5.74, 6) is 1.49. The molecule has 1 heteroatoms. The van der Waals surface area contributed by atoms with Gasteiger partial charge in [0.15, 0.2) is 0 Å². The van der Waals surface area contributed by atoms with Crippen LogP contribution in [0.15, 0.2) is 23.9 Å². The highest BCUT2D eigenvalue weighted by Crippen LogP contribution is 2.22. The third-order valence-corrected chi connectivity index (χ3v) is 3.01. The largest absolute Gasteiger partial charge is 0.383 e. The zero-order chi connectivity index (χ0) is 10.6. The molecule has 1 nitrogen and oxygen atoms in total. The minimum Gasteiger partial charge on any atom is -0.383 e. The van der Waals surface area contributed by atoms with Crippen LogP contribution in [-0.4, -0.2) is 6.04 Å². The van der Waals surface area contributed by atoms with Crippen LogP contribution in [0, 0.1) is 11.8 Å². The average Bonchev–Trinajstić information content (AvgIpc) is 2.18. The molecular weight excluding hydrogens is 170 g/mol. The molecule has 1 aliphatic rings.